The maximum Gasteiger partial charge on any atom is 0.335 e. The molecule has 2 atom stereocenters. The lowest BCUT2D eigenvalue weighted by molar-refractivity contribution is 0.0696. The van der Waals surface area contributed by atoms with E-state index in [1.807, 2.05) is 38.1 Å². The molecule has 5 rings (SSSR count). The molecule has 1 heterocycles. The van der Waals surface area contributed by atoms with Crippen molar-refractivity contribution in [1.29, 1.82) is 0 Å². The maximum absolute atomic E-state index is 11.4. The van der Waals surface area contributed by atoms with E-state index in [1.54, 1.807) is 36.4 Å². The van der Waals surface area contributed by atoms with Gasteiger partial charge in [0.05, 0.1) is 21.2 Å². The average Bonchev–Trinajstić information content (AvgIpc) is 3.39. The third kappa shape index (κ3) is 4.91. The molecule has 1 aliphatic carbocycles. The smallest absolute Gasteiger partial charge is 0.335 e. The van der Waals surface area contributed by atoms with Gasteiger partial charge in [-0.05, 0) is 59.9 Å². The van der Waals surface area contributed by atoms with Gasteiger partial charge in [-0.3, -0.25) is 0 Å². The van der Waals surface area contributed by atoms with Crippen LogP contribution >= 0.6 is 34.8 Å². The van der Waals surface area contributed by atoms with Gasteiger partial charge in [0.15, 0.2) is 0 Å². The minimum atomic E-state index is -0.929. The van der Waals surface area contributed by atoms with Crippen LogP contribution in [-0.4, -0.2) is 16.2 Å². The standard InChI is InChI=1S/C30H26Cl3NO4/c1-16(2)28-20(27(34-38-28)26-23(31)8-5-9-24(26)32)15-37-19-10-11-21(25(33)13-19)30(3)14-22(30)17-6-4-7-18(12-17)29(35)36/h4-13,16,22H,14-15H2,1-3H3,(H,35,36). The molecule has 3 aromatic carbocycles. The lowest BCUT2D eigenvalue weighted by Crippen LogP contribution is -2.06. The SMILES string of the molecule is CC(C)c1onc(-c2c(Cl)cccc2Cl)c1COc1ccc(C2(C)CC2c2cccc(C(=O)O)c2)c(Cl)c1. The largest absolute Gasteiger partial charge is 0.489 e. The van der Waals surface area contributed by atoms with E-state index in [4.69, 9.17) is 44.1 Å². The summed E-state index contributed by atoms with van der Waals surface area (Å²) in [5.74, 6) is 0.658. The highest BCUT2D eigenvalue weighted by Crippen LogP contribution is 2.61. The number of aromatic nitrogens is 1. The van der Waals surface area contributed by atoms with Gasteiger partial charge in [-0.15, -0.1) is 0 Å². The number of carbonyl (C=O) groups is 1. The Morgan fingerprint density at radius 3 is 2.45 bits per heavy atom. The minimum Gasteiger partial charge on any atom is -0.489 e. The molecular weight excluding hydrogens is 545 g/mol. The monoisotopic (exact) mass is 569 g/mol. The molecule has 0 amide bonds. The summed E-state index contributed by atoms with van der Waals surface area (Å²) in [5, 5.41) is 15.2. The normalized spacial score (nSPS) is 18.6. The molecule has 1 saturated carbocycles. The quantitative estimate of drug-likeness (QED) is 0.229. The zero-order valence-electron chi connectivity index (χ0n) is 21.1. The second kappa shape index (κ2) is 10.3. The first kappa shape index (κ1) is 26.6. The molecule has 0 saturated heterocycles. The van der Waals surface area contributed by atoms with Gasteiger partial charge in [-0.1, -0.05) is 85.0 Å². The molecule has 196 valence electrons. The van der Waals surface area contributed by atoms with Crippen molar-refractivity contribution in [3.63, 3.8) is 0 Å². The first-order valence-corrected chi connectivity index (χ1v) is 13.4. The second-order valence-corrected chi connectivity index (χ2v) is 11.4. The van der Waals surface area contributed by atoms with E-state index in [0.717, 1.165) is 23.1 Å². The van der Waals surface area contributed by atoms with Gasteiger partial charge in [0.25, 0.3) is 0 Å². The molecule has 0 radical (unpaired) electrons. The highest BCUT2D eigenvalue weighted by Gasteiger charge is 2.53. The van der Waals surface area contributed by atoms with Crippen LogP contribution in [0.15, 0.2) is 65.2 Å². The van der Waals surface area contributed by atoms with E-state index in [1.165, 1.54) is 0 Å². The van der Waals surface area contributed by atoms with E-state index >= 15 is 0 Å². The Balaban J connectivity index is 1.38. The van der Waals surface area contributed by atoms with E-state index in [2.05, 4.69) is 12.1 Å². The van der Waals surface area contributed by atoms with Gasteiger partial charge in [0.2, 0.25) is 0 Å². The fourth-order valence-electron chi connectivity index (χ4n) is 5.08. The fraction of sp³-hybridized carbons (Fsp3) is 0.267. The second-order valence-electron chi connectivity index (χ2n) is 10.2. The van der Waals surface area contributed by atoms with Crippen LogP contribution in [0.1, 0.15) is 71.8 Å². The summed E-state index contributed by atoms with van der Waals surface area (Å²) >= 11 is 19.7. The van der Waals surface area contributed by atoms with Crippen LogP contribution in [0.4, 0.5) is 0 Å². The molecule has 1 aliphatic rings. The Labute approximate surface area is 236 Å². The zero-order chi connectivity index (χ0) is 27.2. The Morgan fingerprint density at radius 2 is 1.79 bits per heavy atom. The molecule has 4 aromatic rings. The van der Waals surface area contributed by atoms with Crippen LogP contribution in [0.5, 0.6) is 5.75 Å². The van der Waals surface area contributed by atoms with Crippen molar-refractivity contribution in [3.05, 3.63) is 104 Å². The van der Waals surface area contributed by atoms with Gasteiger partial charge < -0.3 is 14.4 Å². The van der Waals surface area contributed by atoms with Crippen molar-refractivity contribution in [3.8, 4) is 17.0 Å². The summed E-state index contributed by atoms with van der Waals surface area (Å²) in [4.78, 5) is 11.4. The lowest BCUT2D eigenvalue weighted by atomic mass is 9.92. The van der Waals surface area contributed by atoms with Crippen LogP contribution in [-0.2, 0) is 12.0 Å². The summed E-state index contributed by atoms with van der Waals surface area (Å²) in [6, 6.07) is 18.1. The van der Waals surface area contributed by atoms with E-state index in [0.29, 0.717) is 43.4 Å². The Bertz CT molecular complexity index is 1510. The number of ether oxygens (including phenoxy) is 1. The lowest BCUT2D eigenvalue weighted by Gasteiger charge is -2.16. The van der Waals surface area contributed by atoms with Gasteiger partial charge in [0.1, 0.15) is 23.8 Å². The fourth-order valence-corrected chi connectivity index (χ4v) is 6.04. The third-order valence-electron chi connectivity index (χ3n) is 7.25. The molecule has 2 unspecified atom stereocenters. The molecule has 0 spiro atoms. The molecular formula is C30H26Cl3NO4. The Hall–Kier alpha value is -2.99. The number of carboxylic acid groups (broad SMARTS) is 1. The zero-order valence-corrected chi connectivity index (χ0v) is 23.4. The van der Waals surface area contributed by atoms with Crippen LogP contribution in [0.25, 0.3) is 11.3 Å². The molecule has 38 heavy (non-hydrogen) atoms. The van der Waals surface area contributed by atoms with Gasteiger partial charge in [-0.2, -0.15) is 0 Å². The maximum atomic E-state index is 11.4. The average molecular weight is 571 g/mol. The third-order valence-corrected chi connectivity index (χ3v) is 8.20. The Morgan fingerprint density at radius 1 is 1.08 bits per heavy atom. The molecule has 8 heteroatoms. The summed E-state index contributed by atoms with van der Waals surface area (Å²) in [6.07, 6.45) is 0.885. The summed E-state index contributed by atoms with van der Waals surface area (Å²) in [5.41, 5.74) is 4.07. The van der Waals surface area contributed by atoms with E-state index in [-0.39, 0.29) is 23.9 Å². The van der Waals surface area contributed by atoms with Gasteiger partial charge in [0, 0.05) is 21.9 Å². The summed E-state index contributed by atoms with van der Waals surface area (Å²) in [7, 11) is 0. The number of carboxylic acids is 1. The summed E-state index contributed by atoms with van der Waals surface area (Å²) < 4.78 is 11.8. The predicted octanol–water partition coefficient (Wildman–Crippen LogP) is 9.15. The van der Waals surface area contributed by atoms with E-state index < -0.39 is 5.97 Å². The number of benzene rings is 3. The number of nitrogens with zero attached hydrogens (tertiary/aromatic N) is 1. The molecule has 1 fully saturated rings. The van der Waals surface area contributed by atoms with Crippen molar-refractivity contribution >= 4 is 40.8 Å². The predicted molar refractivity (Wildman–Crippen MR) is 150 cm³/mol. The number of rotatable bonds is 8. The molecule has 0 aliphatic heterocycles. The van der Waals surface area contributed by atoms with Crippen molar-refractivity contribution in [2.75, 3.05) is 0 Å². The van der Waals surface area contributed by atoms with Crippen molar-refractivity contribution in [2.45, 2.75) is 51.0 Å². The minimum absolute atomic E-state index is 0.0773. The van der Waals surface area contributed by atoms with Crippen LogP contribution < -0.4 is 4.74 Å². The van der Waals surface area contributed by atoms with Crippen molar-refractivity contribution in [1.82, 2.24) is 5.16 Å². The van der Waals surface area contributed by atoms with Crippen LogP contribution in [0, 0.1) is 0 Å². The van der Waals surface area contributed by atoms with E-state index in [9.17, 15) is 9.90 Å². The van der Waals surface area contributed by atoms with Crippen molar-refractivity contribution in [2.24, 2.45) is 0 Å². The first-order chi connectivity index (χ1) is 18.1. The Kier molecular flexibility index (Phi) is 7.21. The highest BCUT2D eigenvalue weighted by atomic mass is 35.5. The highest BCUT2D eigenvalue weighted by molar-refractivity contribution is 6.39. The first-order valence-electron chi connectivity index (χ1n) is 12.3. The topological polar surface area (TPSA) is 72.6 Å². The molecule has 5 nitrogen and oxygen atoms in total. The summed E-state index contributed by atoms with van der Waals surface area (Å²) in [6.45, 7) is 6.39. The van der Waals surface area contributed by atoms with Crippen molar-refractivity contribution < 1.29 is 19.2 Å². The molecule has 1 N–H and O–H groups in total. The number of halogens is 3. The van der Waals surface area contributed by atoms with Crippen LogP contribution in [0.3, 0.4) is 0 Å². The molecule has 0 bridgehead atoms. The van der Waals surface area contributed by atoms with Crippen LogP contribution in [0.2, 0.25) is 15.1 Å². The number of aromatic carboxylic acids is 1. The van der Waals surface area contributed by atoms with Gasteiger partial charge >= 0.3 is 5.97 Å². The number of hydrogen-bond donors (Lipinski definition) is 1. The van der Waals surface area contributed by atoms with Gasteiger partial charge in [-0.25, -0.2) is 4.79 Å². The molecule has 1 aromatic heterocycles. The number of hydrogen-bond acceptors (Lipinski definition) is 4.